The Morgan fingerprint density at radius 2 is 1.79 bits per heavy atom. The molecule has 0 spiro atoms. The molecule has 0 radical (unpaired) electrons. The van der Waals surface area contributed by atoms with E-state index in [0.717, 1.165) is 11.3 Å². The van der Waals surface area contributed by atoms with Crippen LogP contribution in [0, 0.1) is 6.92 Å². The van der Waals surface area contributed by atoms with Crippen molar-refractivity contribution in [3.63, 3.8) is 0 Å². The zero-order chi connectivity index (χ0) is 16.9. The quantitative estimate of drug-likeness (QED) is 0.675. The number of aryl methyl sites for hydroxylation is 1. The van der Waals surface area contributed by atoms with E-state index < -0.39 is 5.97 Å². The maximum atomic E-state index is 12.4. The number of carbonyl (C=O) groups is 1. The standard InChI is InChI=1S/C18H17N3O3/c1-13-19-17(18(22)24-12-14-6-4-3-5-7-14)21(20-13)15-8-10-16(23-2)11-9-15/h3-11H,12H2,1-2H3. The molecule has 1 aromatic heterocycles. The second kappa shape index (κ2) is 6.95. The van der Waals surface area contributed by atoms with Gasteiger partial charge in [-0.2, -0.15) is 5.10 Å². The summed E-state index contributed by atoms with van der Waals surface area (Å²) in [5.41, 5.74) is 1.63. The van der Waals surface area contributed by atoms with E-state index in [-0.39, 0.29) is 12.4 Å². The lowest BCUT2D eigenvalue weighted by Gasteiger charge is -2.07. The van der Waals surface area contributed by atoms with Gasteiger partial charge in [-0.15, -0.1) is 0 Å². The first-order chi connectivity index (χ1) is 11.7. The second-order valence-electron chi connectivity index (χ2n) is 5.15. The Balaban J connectivity index is 1.81. The summed E-state index contributed by atoms with van der Waals surface area (Å²) in [6, 6.07) is 16.7. The number of esters is 1. The number of nitrogens with zero attached hydrogens (tertiary/aromatic N) is 3. The van der Waals surface area contributed by atoms with Gasteiger partial charge in [-0.25, -0.2) is 14.5 Å². The third kappa shape index (κ3) is 3.43. The first-order valence-corrected chi connectivity index (χ1v) is 7.46. The summed E-state index contributed by atoms with van der Waals surface area (Å²) in [5, 5.41) is 4.28. The van der Waals surface area contributed by atoms with E-state index in [1.54, 1.807) is 38.3 Å². The van der Waals surface area contributed by atoms with Crippen LogP contribution in [0.25, 0.3) is 5.69 Å². The highest BCUT2D eigenvalue weighted by atomic mass is 16.5. The first kappa shape index (κ1) is 15.7. The van der Waals surface area contributed by atoms with Gasteiger partial charge in [0.25, 0.3) is 0 Å². The van der Waals surface area contributed by atoms with Crippen LogP contribution in [0.4, 0.5) is 0 Å². The van der Waals surface area contributed by atoms with Gasteiger partial charge in [-0.1, -0.05) is 30.3 Å². The lowest BCUT2D eigenvalue weighted by atomic mass is 10.2. The lowest BCUT2D eigenvalue weighted by molar-refractivity contribution is 0.0454. The van der Waals surface area contributed by atoms with Crippen molar-refractivity contribution in [1.82, 2.24) is 14.8 Å². The van der Waals surface area contributed by atoms with Gasteiger partial charge in [0.05, 0.1) is 12.8 Å². The van der Waals surface area contributed by atoms with Gasteiger partial charge >= 0.3 is 5.97 Å². The van der Waals surface area contributed by atoms with Crippen LogP contribution in [0.15, 0.2) is 54.6 Å². The molecule has 0 bridgehead atoms. The van der Waals surface area contributed by atoms with Crippen LogP contribution in [0.3, 0.4) is 0 Å². The molecule has 122 valence electrons. The van der Waals surface area contributed by atoms with E-state index in [0.29, 0.717) is 11.5 Å². The first-order valence-electron chi connectivity index (χ1n) is 7.46. The third-order valence-electron chi connectivity index (χ3n) is 3.43. The maximum Gasteiger partial charge on any atom is 0.376 e. The summed E-state index contributed by atoms with van der Waals surface area (Å²) in [5.74, 6) is 0.852. The third-order valence-corrected chi connectivity index (χ3v) is 3.43. The molecule has 24 heavy (non-hydrogen) atoms. The lowest BCUT2D eigenvalue weighted by Crippen LogP contribution is -2.13. The number of aromatic nitrogens is 3. The average molecular weight is 323 g/mol. The van der Waals surface area contributed by atoms with E-state index in [1.165, 1.54) is 4.68 Å². The highest BCUT2D eigenvalue weighted by Crippen LogP contribution is 2.16. The molecule has 1 heterocycles. The summed E-state index contributed by atoms with van der Waals surface area (Å²) in [6.45, 7) is 1.92. The number of hydrogen-bond acceptors (Lipinski definition) is 5. The summed E-state index contributed by atoms with van der Waals surface area (Å²) in [7, 11) is 1.60. The van der Waals surface area contributed by atoms with Crippen LogP contribution in [0.5, 0.6) is 5.75 Å². The van der Waals surface area contributed by atoms with Crippen molar-refractivity contribution in [2.75, 3.05) is 7.11 Å². The molecule has 3 rings (SSSR count). The second-order valence-corrected chi connectivity index (χ2v) is 5.15. The van der Waals surface area contributed by atoms with Gasteiger partial charge in [0.15, 0.2) is 0 Å². The summed E-state index contributed by atoms with van der Waals surface area (Å²) >= 11 is 0. The Hall–Kier alpha value is -3.15. The largest absolute Gasteiger partial charge is 0.497 e. The number of carbonyl (C=O) groups excluding carboxylic acids is 1. The van der Waals surface area contributed by atoms with E-state index in [1.807, 2.05) is 30.3 Å². The molecular weight excluding hydrogens is 306 g/mol. The molecule has 0 aliphatic carbocycles. The molecule has 0 atom stereocenters. The highest BCUT2D eigenvalue weighted by molar-refractivity contribution is 5.86. The molecule has 0 N–H and O–H groups in total. The van der Waals surface area contributed by atoms with Crippen LogP contribution >= 0.6 is 0 Å². The Labute approximate surface area is 139 Å². The van der Waals surface area contributed by atoms with Crippen LogP contribution < -0.4 is 4.74 Å². The fourth-order valence-corrected chi connectivity index (χ4v) is 2.24. The van der Waals surface area contributed by atoms with Crippen molar-refractivity contribution in [3.05, 3.63) is 71.8 Å². The zero-order valence-corrected chi connectivity index (χ0v) is 13.5. The minimum Gasteiger partial charge on any atom is -0.497 e. The Morgan fingerprint density at radius 1 is 1.08 bits per heavy atom. The van der Waals surface area contributed by atoms with E-state index in [4.69, 9.17) is 9.47 Å². The molecule has 0 aliphatic heterocycles. The maximum absolute atomic E-state index is 12.4. The molecular formula is C18H17N3O3. The molecule has 0 amide bonds. The van der Waals surface area contributed by atoms with E-state index in [9.17, 15) is 4.79 Å². The monoisotopic (exact) mass is 323 g/mol. The molecule has 0 aliphatic rings. The topological polar surface area (TPSA) is 66.2 Å². The Bertz CT molecular complexity index is 826. The van der Waals surface area contributed by atoms with Crippen molar-refractivity contribution in [3.8, 4) is 11.4 Å². The number of hydrogen-bond donors (Lipinski definition) is 0. The van der Waals surface area contributed by atoms with Gasteiger partial charge in [-0.05, 0) is 36.8 Å². The van der Waals surface area contributed by atoms with Gasteiger partial charge in [0.1, 0.15) is 18.2 Å². The normalized spacial score (nSPS) is 10.4. The molecule has 0 saturated carbocycles. The van der Waals surface area contributed by atoms with Crippen molar-refractivity contribution in [2.24, 2.45) is 0 Å². The predicted octanol–water partition coefficient (Wildman–Crippen LogP) is 2.94. The molecule has 3 aromatic rings. The van der Waals surface area contributed by atoms with Gasteiger partial charge in [0.2, 0.25) is 5.82 Å². The van der Waals surface area contributed by atoms with Crippen molar-refractivity contribution in [1.29, 1.82) is 0 Å². The SMILES string of the molecule is COc1ccc(-n2nc(C)nc2C(=O)OCc2ccccc2)cc1. The molecule has 0 saturated heterocycles. The van der Waals surface area contributed by atoms with Crippen LogP contribution in [0.1, 0.15) is 22.0 Å². The molecule has 0 fully saturated rings. The summed E-state index contributed by atoms with van der Waals surface area (Å²) < 4.78 is 12.0. The summed E-state index contributed by atoms with van der Waals surface area (Å²) in [6.07, 6.45) is 0. The summed E-state index contributed by atoms with van der Waals surface area (Å²) in [4.78, 5) is 16.6. The number of methoxy groups -OCH3 is 1. The van der Waals surface area contributed by atoms with Crippen molar-refractivity contribution < 1.29 is 14.3 Å². The molecule has 0 unspecified atom stereocenters. The minimum absolute atomic E-state index is 0.147. The van der Waals surface area contributed by atoms with Gasteiger partial charge in [-0.3, -0.25) is 0 Å². The number of benzene rings is 2. The van der Waals surface area contributed by atoms with Gasteiger partial charge in [0, 0.05) is 0 Å². The van der Waals surface area contributed by atoms with Crippen LogP contribution in [0.2, 0.25) is 0 Å². The fraction of sp³-hybridized carbons (Fsp3) is 0.167. The molecule has 6 heteroatoms. The van der Waals surface area contributed by atoms with E-state index >= 15 is 0 Å². The molecule has 6 nitrogen and oxygen atoms in total. The average Bonchev–Trinajstić information content (AvgIpc) is 3.02. The predicted molar refractivity (Wildman–Crippen MR) is 88.2 cm³/mol. The van der Waals surface area contributed by atoms with Crippen LogP contribution in [-0.2, 0) is 11.3 Å². The highest BCUT2D eigenvalue weighted by Gasteiger charge is 2.19. The fourth-order valence-electron chi connectivity index (χ4n) is 2.24. The van der Waals surface area contributed by atoms with Crippen molar-refractivity contribution in [2.45, 2.75) is 13.5 Å². The molecule has 2 aromatic carbocycles. The Kier molecular flexibility index (Phi) is 4.56. The van der Waals surface area contributed by atoms with E-state index in [2.05, 4.69) is 10.1 Å². The smallest absolute Gasteiger partial charge is 0.376 e. The minimum atomic E-state index is -0.518. The van der Waals surface area contributed by atoms with Gasteiger partial charge < -0.3 is 9.47 Å². The van der Waals surface area contributed by atoms with Crippen molar-refractivity contribution >= 4 is 5.97 Å². The van der Waals surface area contributed by atoms with Crippen LogP contribution in [-0.4, -0.2) is 27.8 Å². The Morgan fingerprint density at radius 3 is 2.46 bits per heavy atom. The number of rotatable bonds is 5. The zero-order valence-electron chi connectivity index (χ0n) is 13.5. The number of ether oxygens (including phenoxy) is 2.